The van der Waals surface area contributed by atoms with Crippen LogP contribution in [0.2, 0.25) is 0 Å². The number of hydrogen-bond acceptors (Lipinski definition) is 6. The zero-order chi connectivity index (χ0) is 21.5. The van der Waals surface area contributed by atoms with Gasteiger partial charge in [-0.15, -0.1) is 0 Å². The van der Waals surface area contributed by atoms with Gasteiger partial charge in [0.05, 0.1) is 24.7 Å². The van der Waals surface area contributed by atoms with Crippen molar-refractivity contribution in [3.8, 4) is 11.5 Å². The Hall–Kier alpha value is -3.06. The highest BCUT2D eigenvalue weighted by molar-refractivity contribution is 8.18. The molecule has 0 spiro atoms. The van der Waals surface area contributed by atoms with Crippen molar-refractivity contribution in [2.45, 2.75) is 20.3 Å². The fourth-order valence-electron chi connectivity index (χ4n) is 2.86. The Morgan fingerprint density at radius 3 is 2.50 bits per heavy atom. The Morgan fingerprint density at radius 2 is 1.80 bits per heavy atom. The third-order valence-corrected chi connectivity index (χ3v) is 5.21. The molecular formula is C23H23NO5S. The van der Waals surface area contributed by atoms with Gasteiger partial charge in [-0.3, -0.25) is 19.3 Å². The molecule has 2 aromatic rings. The average molecular weight is 426 g/mol. The number of amides is 2. The molecule has 0 aliphatic carbocycles. The number of ether oxygens (including phenoxy) is 2. The fraction of sp³-hybridized carbons (Fsp3) is 0.261. The predicted octanol–water partition coefficient (Wildman–Crippen LogP) is 4.79. The van der Waals surface area contributed by atoms with E-state index in [2.05, 4.69) is 0 Å². The summed E-state index contributed by atoms with van der Waals surface area (Å²) in [5.41, 5.74) is 1.17. The van der Waals surface area contributed by atoms with Gasteiger partial charge in [0.25, 0.3) is 11.1 Å². The minimum atomic E-state index is -0.474. The van der Waals surface area contributed by atoms with Gasteiger partial charge in [0.1, 0.15) is 0 Å². The number of rotatable bonds is 9. The van der Waals surface area contributed by atoms with Crippen molar-refractivity contribution in [3.05, 3.63) is 64.6 Å². The maximum atomic E-state index is 12.7. The first-order valence-corrected chi connectivity index (χ1v) is 10.6. The Balaban J connectivity index is 1.77. The molecule has 1 saturated heterocycles. The third-order valence-electron chi connectivity index (χ3n) is 4.30. The molecule has 0 radical (unpaired) electrons. The maximum absolute atomic E-state index is 12.7. The van der Waals surface area contributed by atoms with Gasteiger partial charge in [-0.2, -0.15) is 0 Å². The molecule has 7 heteroatoms. The van der Waals surface area contributed by atoms with Crippen LogP contribution >= 0.6 is 11.8 Å². The van der Waals surface area contributed by atoms with Crippen LogP contribution < -0.4 is 9.47 Å². The van der Waals surface area contributed by atoms with E-state index in [-0.39, 0.29) is 17.2 Å². The number of nitrogens with zero attached hydrogens (tertiary/aromatic N) is 1. The molecular weight excluding hydrogens is 402 g/mol. The zero-order valence-electron chi connectivity index (χ0n) is 16.9. The topological polar surface area (TPSA) is 72.9 Å². The van der Waals surface area contributed by atoms with Crippen molar-refractivity contribution >= 4 is 34.8 Å². The highest BCUT2D eigenvalue weighted by Gasteiger charge is 2.36. The highest BCUT2D eigenvalue weighted by Crippen LogP contribution is 2.34. The van der Waals surface area contributed by atoms with Crippen LogP contribution in [0.3, 0.4) is 0 Å². The fourth-order valence-corrected chi connectivity index (χ4v) is 3.70. The Labute approximate surface area is 179 Å². The van der Waals surface area contributed by atoms with Crippen molar-refractivity contribution in [1.29, 1.82) is 0 Å². The molecule has 1 aliphatic heterocycles. The molecule has 30 heavy (non-hydrogen) atoms. The Bertz CT molecular complexity index is 971. The first kappa shape index (κ1) is 21.6. The number of imide groups is 1. The molecule has 0 aromatic heterocycles. The highest BCUT2D eigenvalue weighted by atomic mass is 32.2. The molecule has 2 aromatic carbocycles. The summed E-state index contributed by atoms with van der Waals surface area (Å²) in [7, 11) is 0. The molecule has 1 fully saturated rings. The molecule has 0 saturated carbocycles. The molecule has 1 aliphatic rings. The van der Waals surface area contributed by atoms with E-state index in [1.54, 1.807) is 54.6 Å². The second-order valence-corrected chi connectivity index (χ2v) is 7.54. The van der Waals surface area contributed by atoms with Crippen molar-refractivity contribution in [2.75, 3.05) is 19.8 Å². The van der Waals surface area contributed by atoms with E-state index in [1.165, 1.54) is 0 Å². The van der Waals surface area contributed by atoms with Crippen molar-refractivity contribution in [1.82, 2.24) is 4.90 Å². The van der Waals surface area contributed by atoms with Gasteiger partial charge in [-0.05, 0) is 48.9 Å². The largest absolute Gasteiger partial charge is 0.490 e. The maximum Gasteiger partial charge on any atom is 0.293 e. The molecule has 6 nitrogen and oxygen atoms in total. The van der Waals surface area contributed by atoms with Crippen molar-refractivity contribution < 1.29 is 23.9 Å². The molecule has 0 unspecified atom stereocenters. The monoisotopic (exact) mass is 425 g/mol. The van der Waals surface area contributed by atoms with Crippen LogP contribution in [0.4, 0.5) is 4.79 Å². The van der Waals surface area contributed by atoms with E-state index in [4.69, 9.17) is 9.47 Å². The molecule has 0 bridgehead atoms. The number of ketones is 1. The smallest absolute Gasteiger partial charge is 0.293 e. The number of thioether (sulfide) groups is 1. The second-order valence-electron chi connectivity index (χ2n) is 6.54. The van der Waals surface area contributed by atoms with Crippen molar-refractivity contribution in [3.63, 3.8) is 0 Å². The van der Waals surface area contributed by atoms with E-state index < -0.39 is 11.1 Å². The van der Waals surface area contributed by atoms with Crippen molar-refractivity contribution in [2.24, 2.45) is 0 Å². The van der Waals surface area contributed by atoms with Gasteiger partial charge in [0.15, 0.2) is 17.3 Å². The van der Waals surface area contributed by atoms with Gasteiger partial charge < -0.3 is 9.47 Å². The summed E-state index contributed by atoms with van der Waals surface area (Å²) in [6.07, 6.45) is 2.51. The quantitative estimate of drug-likeness (QED) is 0.425. The van der Waals surface area contributed by atoms with E-state index in [0.717, 1.165) is 23.1 Å². The van der Waals surface area contributed by atoms with E-state index in [1.807, 2.05) is 13.8 Å². The van der Waals surface area contributed by atoms with Crippen LogP contribution in [-0.2, 0) is 4.79 Å². The number of carbonyl (C=O) groups excluding carboxylic acids is 3. The summed E-state index contributed by atoms with van der Waals surface area (Å²) < 4.78 is 11.3. The van der Waals surface area contributed by atoms with Gasteiger partial charge in [-0.25, -0.2) is 0 Å². The van der Waals surface area contributed by atoms with Crippen LogP contribution in [0, 0.1) is 0 Å². The molecule has 156 valence electrons. The van der Waals surface area contributed by atoms with Gasteiger partial charge in [0, 0.05) is 5.56 Å². The summed E-state index contributed by atoms with van der Waals surface area (Å²) in [5.74, 6) is 0.462. The standard InChI is InChI=1S/C23H23NO5S/c1-3-12-29-19-11-10-16(13-20(19)28-4-2)14-21-22(26)24(23(27)30-21)15-18(25)17-8-6-5-7-9-17/h5-11,13-14H,3-4,12,15H2,1-2H3/b21-14-. The summed E-state index contributed by atoms with van der Waals surface area (Å²) in [5, 5.41) is -0.455. The zero-order valence-corrected chi connectivity index (χ0v) is 17.7. The Morgan fingerprint density at radius 1 is 1.03 bits per heavy atom. The molecule has 1 heterocycles. The second kappa shape index (κ2) is 10.1. The lowest BCUT2D eigenvalue weighted by Crippen LogP contribution is -2.33. The minimum absolute atomic E-state index is 0.269. The minimum Gasteiger partial charge on any atom is -0.490 e. The SMILES string of the molecule is CCCOc1ccc(/C=C2\SC(=O)N(CC(=O)c3ccccc3)C2=O)cc1OCC. The lowest BCUT2D eigenvalue weighted by molar-refractivity contribution is -0.122. The molecule has 3 rings (SSSR count). The average Bonchev–Trinajstić information content (AvgIpc) is 3.01. The summed E-state index contributed by atoms with van der Waals surface area (Å²) in [6.45, 7) is 4.68. The van der Waals surface area contributed by atoms with E-state index >= 15 is 0 Å². The van der Waals surface area contributed by atoms with Crippen LogP contribution in [-0.4, -0.2) is 41.6 Å². The number of Topliss-reactive ketones (excluding diaryl/α,β-unsaturated/α-hetero) is 1. The van der Waals surface area contributed by atoms with E-state index in [9.17, 15) is 14.4 Å². The van der Waals surface area contributed by atoms with Gasteiger partial charge >= 0.3 is 0 Å². The number of carbonyl (C=O) groups is 3. The van der Waals surface area contributed by atoms with E-state index in [0.29, 0.717) is 35.8 Å². The van der Waals surface area contributed by atoms with Crippen LogP contribution in [0.5, 0.6) is 11.5 Å². The van der Waals surface area contributed by atoms with Crippen LogP contribution in [0.15, 0.2) is 53.4 Å². The van der Waals surface area contributed by atoms with Crippen LogP contribution in [0.25, 0.3) is 6.08 Å². The first-order chi connectivity index (χ1) is 14.5. The van der Waals surface area contributed by atoms with Crippen LogP contribution in [0.1, 0.15) is 36.2 Å². The molecule has 0 N–H and O–H groups in total. The lowest BCUT2D eigenvalue weighted by Gasteiger charge is -2.12. The summed E-state index contributed by atoms with van der Waals surface area (Å²) in [6, 6.07) is 14.0. The van der Waals surface area contributed by atoms with Gasteiger partial charge in [0.2, 0.25) is 0 Å². The molecule has 0 atom stereocenters. The predicted molar refractivity (Wildman–Crippen MR) is 117 cm³/mol. The molecule has 2 amide bonds. The normalized spacial score (nSPS) is 15.0. The number of hydrogen-bond donors (Lipinski definition) is 0. The third kappa shape index (κ3) is 5.10. The first-order valence-electron chi connectivity index (χ1n) is 9.76. The number of benzene rings is 2. The Kier molecular flexibility index (Phi) is 7.30. The van der Waals surface area contributed by atoms with Gasteiger partial charge in [-0.1, -0.05) is 43.3 Å². The lowest BCUT2D eigenvalue weighted by atomic mass is 10.1. The summed E-state index contributed by atoms with van der Waals surface area (Å²) in [4.78, 5) is 38.7. The summed E-state index contributed by atoms with van der Waals surface area (Å²) >= 11 is 0.825.